The molecule has 2 amide bonds. The number of unbranched alkanes of at least 4 members (excludes halogenated alkanes) is 3. The van der Waals surface area contributed by atoms with E-state index < -0.39 is 5.97 Å². The molecule has 1 heterocycles. The molecule has 1 aromatic heterocycles. The van der Waals surface area contributed by atoms with E-state index in [2.05, 4.69) is 0 Å². The average Bonchev–Trinajstić information content (AvgIpc) is 3.19. The van der Waals surface area contributed by atoms with Gasteiger partial charge >= 0.3 is 5.97 Å². The summed E-state index contributed by atoms with van der Waals surface area (Å²) in [5.41, 5.74) is 2.43. The zero-order valence-corrected chi connectivity index (χ0v) is 23.7. The number of nitrogens with zero attached hydrogens (tertiary/aromatic N) is 3. The number of carbonyl (C=O) groups is 4. The molecule has 8 heteroatoms. The molecule has 3 aromatic rings. The van der Waals surface area contributed by atoms with Gasteiger partial charge in [0.25, 0.3) is 5.91 Å². The van der Waals surface area contributed by atoms with Crippen LogP contribution in [0.2, 0.25) is 0 Å². The molecule has 3 rings (SSSR count). The SMILES string of the molecule is CCN(CC)C(=O)CCCCCCN(C(C)=O)c1c(C)n(C(=O)c2ccccc2)c2ccc(OC(C)=O)cc12. The second-order valence-electron chi connectivity index (χ2n) is 9.61. The van der Waals surface area contributed by atoms with Gasteiger partial charge in [-0.25, -0.2) is 0 Å². The van der Waals surface area contributed by atoms with Crippen LogP contribution in [0.1, 0.15) is 75.9 Å². The fraction of sp³-hybridized carbons (Fsp3) is 0.419. The van der Waals surface area contributed by atoms with Crippen molar-refractivity contribution in [3.63, 3.8) is 0 Å². The molecule has 2 aromatic carbocycles. The van der Waals surface area contributed by atoms with Crippen molar-refractivity contribution in [1.82, 2.24) is 9.47 Å². The lowest BCUT2D eigenvalue weighted by Gasteiger charge is -2.22. The van der Waals surface area contributed by atoms with Crippen molar-refractivity contribution in [1.29, 1.82) is 0 Å². The lowest BCUT2D eigenvalue weighted by molar-refractivity contribution is -0.132. The van der Waals surface area contributed by atoms with E-state index in [1.807, 2.05) is 43.9 Å². The molecule has 0 aliphatic heterocycles. The summed E-state index contributed by atoms with van der Waals surface area (Å²) in [6.45, 7) is 10.6. The maximum absolute atomic E-state index is 13.6. The summed E-state index contributed by atoms with van der Waals surface area (Å²) < 4.78 is 6.94. The molecular formula is C31H39N3O5. The zero-order chi connectivity index (χ0) is 28.5. The quantitative estimate of drug-likeness (QED) is 0.168. The van der Waals surface area contributed by atoms with E-state index in [1.165, 1.54) is 13.8 Å². The summed E-state index contributed by atoms with van der Waals surface area (Å²) in [5, 5.41) is 0.663. The van der Waals surface area contributed by atoms with Crippen molar-refractivity contribution in [2.45, 2.75) is 66.7 Å². The Labute approximate surface area is 230 Å². The minimum absolute atomic E-state index is 0.140. The Kier molecular flexibility index (Phi) is 10.4. The van der Waals surface area contributed by atoms with Crippen molar-refractivity contribution < 1.29 is 23.9 Å². The summed E-state index contributed by atoms with van der Waals surface area (Å²) >= 11 is 0. The Bertz CT molecular complexity index is 1320. The molecule has 0 N–H and O–H groups in total. The Balaban J connectivity index is 1.87. The van der Waals surface area contributed by atoms with Gasteiger partial charge in [-0.2, -0.15) is 0 Å². The van der Waals surface area contributed by atoms with Crippen LogP contribution >= 0.6 is 0 Å². The van der Waals surface area contributed by atoms with Crippen LogP contribution < -0.4 is 9.64 Å². The van der Waals surface area contributed by atoms with E-state index >= 15 is 0 Å². The maximum atomic E-state index is 13.6. The van der Waals surface area contributed by atoms with Crippen molar-refractivity contribution in [2.75, 3.05) is 24.5 Å². The van der Waals surface area contributed by atoms with Gasteiger partial charge in [0.1, 0.15) is 5.75 Å². The number of esters is 1. The van der Waals surface area contributed by atoms with Gasteiger partial charge in [-0.3, -0.25) is 23.7 Å². The number of amides is 2. The normalized spacial score (nSPS) is 10.9. The summed E-state index contributed by atoms with van der Waals surface area (Å²) in [6.07, 6.45) is 3.86. The number of rotatable bonds is 12. The van der Waals surface area contributed by atoms with E-state index in [0.29, 0.717) is 46.6 Å². The predicted octanol–water partition coefficient (Wildman–Crippen LogP) is 5.74. The van der Waals surface area contributed by atoms with Crippen LogP contribution in [-0.4, -0.2) is 52.8 Å². The van der Waals surface area contributed by atoms with Crippen LogP contribution in [0.4, 0.5) is 5.69 Å². The van der Waals surface area contributed by atoms with E-state index in [9.17, 15) is 19.2 Å². The molecule has 0 spiro atoms. The molecule has 8 nitrogen and oxygen atoms in total. The lowest BCUT2D eigenvalue weighted by atomic mass is 10.1. The van der Waals surface area contributed by atoms with E-state index in [0.717, 1.165) is 38.8 Å². The first-order valence-electron chi connectivity index (χ1n) is 13.7. The molecule has 0 saturated carbocycles. The monoisotopic (exact) mass is 533 g/mol. The van der Waals surface area contributed by atoms with Gasteiger partial charge in [-0.05, 0) is 63.9 Å². The first kappa shape index (κ1) is 29.6. The molecule has 208 valence electrons. The molecular weight excluding hydrogens is 494 g/mol. The number of benzene rings is 2. The number of fused-ring (bicyclic) bond motifs is 1. The minimum atomic E-state index is -0.449. The van der Waals surface area contributed by atoms with E-state index in [-0.39, 0.29) is 17.7 Å². The fourth-order valence-corrected chi connectivity index (χ4v) is 4.98. The van der Waals surface area contributed by atoms with Crippen molar-refractivity contribution in [3.05, 3.63) is 59.8 Å². The van der Waals surface area contributed by atoms with Gasteiger partial charge in [-0.1, -0.05) is 31.0 Å². The smallest absolute Gasteiger partial charge is 0.308 e. The summed E-state index contributed by atoms with van der Waals surface area (Å²) in [4.78, 5) is 53.9. The third kappa shape index (κ3) is 7.13. The Hall–Kier alpha value is -3.94. The maximum Gasteiger partial charge on any atom is 0.308 e. The van der Waals surface area contributed by atoms with Gasteiger partial charge < -0.3 is 14.5 Å². The zero-order valence-electron chi connectivity index (χ0n) is 23.7. The fourth-order valence-electron chi connectivity index (χ4n) is 4.98. The van der Waals surface area contributed by atoms with Gasteiger partial charge in [0.15, 0.2) is 0 Å². The summed E-state index contributed by atoms with van der Waals surface area (Å²) in [7, 11) is 0. The molecule has 0 saturated heterocycles. The molecule has 39 heavy (non-hydrogen) atoms. The highest BCUT2D eigenvalue weighted by molar-refractivity contribution is 6.11. The van der Waals surface area contributed by atoms with Crippen molar-refractivity contribution in [3.8, 4) is 5.75 Å². The van der Waals surface area contributed by atoms with Crippen molar-refractivity contribution in [2.24, 2.45) is 0 Å². The highest BCUT2D eigenvalue weighted by Gasteiger charge is 2.26. The Morgan fingerprint density at radius 2 is 1.54 bits per heavy atom. The van der Waals surface area contributed by atoms with Crippen LogP contribution in [0, 0.1) is 6.92 Å². The number of carbonyl (C=O) groups excluding carboxylic acids is 4. The lowest BCUT2D eigenvalue weighted by Crippen LogP contribution is -2.30. The van der Waals surface area contributed by atoms with Gasteiger partial charge in [0.2, 0.25) is 11.8 Å². The van der Waals surface area contributed by atoms with Crippen LogP contribution in [-0.2, 0) is 14.4 Å². The molecule has 0 aliphatic carbocycles. The van der Waals surface area contributed by atoms with Crippen molar-refractivity contribution >= 4 is 40.3 Å². The number of aromatic nitrogens is 1. The summed E-state index contributed by atoms with van der Waals surface area (Å²) in [6, 6.07) is 14.1. The van der Waals surface area contributed by atoms with E-state index in [4.69, 9.17) is 4.74 Å². The van der Waals surface area contributed by atoms with Crippen LogP contribution in [0.3, 0.4) is 0 Å². The largest absolute Gasteiger partial charge is 0.427 e. The first-order chi connectivity index (χ1) is 18.7. The minimum Gasteiger partial charge on any atom is -0.427 e. The van der Waals surface area contributed by atoms with Gasteiger partial charge in [-0.15, -0.1) is 0 Å². The number of anilines is 1. The second-order valence-corrected chi connectivity index (χ2v) is 9.61. The Morgan fingerprint density at radius 1 is 0.872 bits per heavy atom. The van der Waals surface area contributed by atoms with Crippen LogP contribution in [0.25, 0.3) is 10.9 Å². The topological polar surface area (TPSA) is 88.9 Å². The van der Waals surface area contributed by atoms with Gasteiger partial charge in [0, 0.05) is 56.5 Å². The molecule has 0 aliphatic rings. The highest BCUT2D eigenvalue weighted by atomic mass is 16.5. The van der Waals surface area contributed by atoms with Crippen LogP contribution in [0.15, 0.2) is 48.5 Å². The molecule has 0 unspecified atom stereocenters. The molecule has 0 atom stereocenters. The highest BCUT2D eigenvalue weighted by Crippen LogP contribution is 2.37. The summed E-state index contributed by atoms with van der Waals surface area (Å²) in [5.74, 6) is -0.261. The third-order valence-electron chi connectivity index (χ3n) is 6.92. The third-order valence-corrected chi connectivity index (χ3v) is 6.92. The average molecular weight is 534 g/mol. The molecule has 0 radical (unpaired) electrons. The first-order valence-corrected chi connectivity index (χ1v) is 13.7. The molecule has 0 bridgehead atoms. The molecule has 0 fully saturated rings. The number of hydrogen-bond acceptors (Lipinski definition) is 5. The number of ether oxygens (including phenoxy) is 1. The standard InChI is InChI=1S/C31H39N3O5/c1-6-32(7-2)29(37)17-13-8-9-14-20-33(23(4)35)30-22(3)34(31(38)25-15-11-10-12-16-25)28-19-18-26(21-27(28)30)39-24(5)36/h10-12,15-16,18-19,21H,6-9,13-14,17,20H2,1-5H3. The van der Waals surface area contributed by atoms with E-state index in [1.54, 1.807) is 39.8 Å². The second kappa shape index (κ2) is 13.7. The van der Waals surface area contributed by atoms with Gasteiger partial charge in [0.05, 0.1) is 11.2 Å². The van der Waals surface area contributed by atoms with Crippen LogP contribution in [0.5, 0.6) is 5.75 Å². The number of hydrogen-bond donors (Lipinski definition) is 0. The predicted molar refractivity (Wildman–Crippen MR) is 153 cm³/mol. The Morgan fingerprint density at radius 3 is 2.15 bits per heavy atom.